The molecule has 2 aromatic carbocycles. The molecule has 0 aromatic heterocycles. The number of hydrogen-bond acceptors (Lipinski definition) is 4. The fourth-order valence-electron chi connectivity index (χ4n) is 1.76. The quantitative estimate of drug-likeness (QED) is 0.759. The van der Waals surface area contributed by atoms with Crippen molar-refractivity contribution in [2.75, 3.05) is 11.9 Å². The summed E-state index contributed by atoms with van der Waals surface area (Å²) in [5.41, 5.74) is 0.578. The number of nitrogens with one attached hydrogen (secondary N) is 1. The molecule has 0 aliphatic carbocycles. The maximum absolute atomic E-state index is 13.4. The second-order valence-corrected chi connectivity index (χ2v) is 5.76. The van der Waals surface area contributed by atoms with Crippen LogP contribution in [0.15, 0.2) is 53.0 Å². The summed E-state index contributed by atoms with van der Waals surface area (Å²) in [5.74, 6) is -1.87. The van der Waals surface area contributed by atoms with Crippen LogP contribution in [0.25, 0.3) is 0 Å². The molecule has 5 nitrogen and oxygen atoms in total. The van der Waals surface area contributed by atoms with E-state index in [0.29, 0.717) is 5.69 Å². The molecule has 24 heavy (non-hydrogen) atoms. The van der Waals surface area contributed by atoms with Crippen LogP contribution < -0.4 is 10.1 Å². The molecule has 1 N–H and O–H groups in total. The van der Waals surface area contributed by atoms with Crippen LogP contribution in [0.5, 0.6) is 5.75 Å². The smallest absolute Gasteiger partial charge is 0.344 e. The van der Waals surface area contributed by atoms with Gasteiger partial charge >= 0.3 is 5.97 Å². The van der Waals surface area contributed by atoms with E-state index in [9.17, 15) is 14.0 Å². The Bertz CT molecular complexity index is 721. The van der Waals surface area contributed by atoms with Crippen molar-refractivity contribution < 1.29 is 23.5 Å². The van der Waals surface area contributed by atoms with Crippen LogP contribution in [0.4, 0.5) is 10.1 Å². The van der Waals surface area contributed by atoms with Crippen LogP contribution in [-0.4, -0.2) is 24.6 Å². The first-order valence-corrected chi connectivity index (χ1v) is 7.88. The van der Waals surface area contributed by atoms with Crippen LogP contribution in [0.2, 0.25) is 0 Å². The highest BCUT2D eigenvalue weighted by molar-refractivity contribution is 9.10. The van der Waals surface area contributed by atoms with Gasteiger partial charge in [0.15, 0.2) is 24.3 Å². The SMILES string of the molecule is C[C@H](OC(=O)COc1ccccc1F)C(=O)Nc1ccc(Br)cc1. The average molecular weight is 396 g/mol. The third-order valence-electron chi connectivity index (χ3n) is 2.97. The van der Waals surface area contributed by atoms with Crippen molar-refractivity contribution >= 4 is 33.5 Å². The van der Waals surface area contributed by atoms with E-state index in [1.165, 1.54) is 25.1 Å². The molecule has 0 saturated carbocycles. The zero-order valence-corrected chi connectivity index (χ0v) is 14.4. The van der Waals surface area contributed by atoms with Crippen LogP contribution in [0.1, 0.15) is 6.92 Å². The minimum absolute atomic E-state index is 0.0542. The van der Waals surface area contributed by atoms with Crippen molar-refractivity contribution in [3.63, 3.8) is 0 Å². The highest BCUT2D eigenvalue weighted by Crippen LogP contribution is 2.16. The Balaban J connectivity index is 1.81. The number of hydrogen-bond donors (Lipinski definition) is 1. The van der Waals surface area contributed by atoms with Gasteiger partial charge in [0.05, 0.1) is 0 Å². The summed E-state index contributed by atoms with van der Waals surface area (Å²) in [6, 6.07) is 12.7. The molecule has 0 saturated heterocycles. The van der Waals surface area contributed by atoms with Gasteiger partial charge < -0.3 is 14.8 Å². The van der Waals surface area contributed by atoms with Gasteiger partial charge in [-0.15, -0.1) is 0 Å². The first kappa shape index (κ1) is 17.9. The van der Waals surface area contributed by atoms with Gasteiger partial charge in [0.1, 0.15) is 0 Å². The molecule has 126 valence electrons. The first-order chi connectivity index (χ1) is 11.5. The molecule has 2 aromatic rings. The lowest BCUT2D eigenvalue weighted by atomic mass is 10.3. The number of benzene rings is 2. The van der Waals surface area contributed by atoms with E-state index < -0.39 is 30.4 Å². The highest BCUT2D eigenvalue weighted by Gasteiger charge is 2.18. The first-order valence-electron chi connectivity index (χ1n) is 7.09. The number of amides is 1. The zero-order valence-electron chi connectivity index (χ0n) is 12.8. The molecule has 1 atom stereocenters. The summed E-state index contributed by atoms with van der Waals surface area (Å²) in [4.78, 5) is 23.6. The van der Waals surface area contributed by atoms with Crippen LogP contribution in [0.3, 0.4) is 0 Å². The maximum atomic E-state index is 13.4. The van der Waals surface area contributed by atoms with E-state index in [4.69, 9.17) is 9.47 Å². The molecule has 0 spiro atoms. The molecule has 7 heteroatoms. The topological polar surface area (TPSA) is 64.6 Å². The Morgan fingerprint density at radius 2 is 1.83 bits per heavy atom. The third kappa shape index (κ3) is 5.34. The number of esters is 1. The lowest BCUT2D eigenvalue weighted by molar-refractivity contribution is -0.155. The van der Waals surface area contributed by atoms with E-state index in [0.717, 1.165) is 4.47 Å². The molecule has 2 rings (SSSR count). The van der Waals surface area contributed by atoms with E-state index in [1.807, 2.05) is 0 Å². The summed E-state index contributed by atoms with van der Waals surface area (Å²) in [5, 5.41) is 2.62. The Morgan fingerprint density at radius 1 is 1.17 bits per heavy atom. The fraction of sp³-hybridized carbons (Fsp3) is 0.176. The minimum atomic E-state index is -1.01. The van der Waals surface area contributed by atoms with Gasteiger partial charge in [-0.25, -0.2) is 9.18 Å². The Labute approximate surface area is 146 Å². The van der Waals surface area contributed by atoms with E-state index in [1.54, 1.807) is 30.3 Å². The molecule has 0 aliphatic heterocycles. The van der Waals surface area contributed by atoms with E-state index in [2.05, 4.69) is 21.2 Å². The van der Waals surface area contributed by atoms with Gasteiger partial charge in [-0.05, 0) is 43.3 Å². The van der Waals surface area contributed by atoms with Gasteiger partial charge in [0, 0.05) is 10.2 Å². The van der Waals surface area contributed by atoms with E-state index in [-0.39, 0.29) is 5.75 Å². The summed E-state index contributed by atoms with van der Waals surface area (Å²) < 4.78 is 24.2. The van der Waals surface area contributed by atoms with Crippen molar-refractivity contribution in [2.45, 2.75) is 13.0 Å². The van der Waals surface area contributed by atoms with Crippen LogP contribution in [0, 0.1) is 5.82 Å². The third-order valence-corrected chi connectivity index (χ3v) is 3.50. The lowest BCUT2D eigenvalue weighted by Crippen LogP contribution is -2.31. The molecule has 0 fully saturated rings. The standard InChI is InChI=1S/C17H15BrFNO4/c1-11(17(22)20-13-8-6-12(18)7-9-13)24-16(21)10-23-15-5-3-2-4-14(15)19/h2-9,11H,10H2,1H3,(H,20,22)/t11-/m0/s1. The zero-order chi connectivity index (χ0) is 17.5. The van der Waals surface area contributed by atoms with Crippen LogP contribution >= 0.6 is 15.9 Å². The predicted octanol–water partition coefficient (Wildman–Crippen LogP) is 3.54. The largest absolute Gasteiger partial charge is 0.479 e. The molecule has 0 radical (unpaired) electrons. The molecule has 0 bridgehead atoms. The number of rotatable bonds is 6. The summed E-state index contributed by atoms with van der Waals surface area (Å²) in [6.45, 7) is 0.950. The minimum Gasteiger partial charge on any atom is -0.479 e. The summed E-state index contributed by atoms with van der Waals surface area (Å²) in [6.07, 6.45) is -1.01. The maximum Gasteiger partial charge on any atom is 0.344 e. The van der Waals surface area contributed by atoms with Gasteiger partial charge in [0.2, 0.25) is 0 Å². The van der Waals surface area contributed by atoms with Crippen LogP contribution in [-0.2, 0) is 14.3 Å². The fourth-order valence-corrected chi connectivity index (χ4v) is 2.02. The molecule has 0 aliphatic rings. The number of carbonyl (C=O) groups is 2. The van der Waals surface area contributed by atoms with Crippen molar-refractivity contribution in [1.82, 2.24) is 0 Å². The average Bonchev–Trinajstić information content (AvgIpc) is 2.56. The van der Waals surface area contributed by atoms with Gasteiger partial charge in [-0.1, -0.05) is 28.1 Å². The summed E-state index contributed by atoms with van der Waals surface area (Å²) in [7, 11) is 0. The monoisotopic (exact) mass is 395 g/mol. The second kappa shape index (κ2) is 8.44. The Hall–Kier alpha value is -2.41. The Morgan fingerprint density at radius 3 is 2.50 bits per heavy atom. The highest BCUT2D eigenvalue weighted by atomic mass is 79.9. The Kier molecular flexibility index (Phi) is 6.31. The number of halogens is 2. The van der Waals surface area contributed by atoms with Gasteiger partial charge in [0.25, 0.3) is 5.91 Å². The number of ether oxygens (including phenoxy) is 2. The predicted molar refractivity (Wildman–Crippen MR) is 90.2 cm³/mol. The lowest BCUT2D eigenvalue weighted by Gasteiger charge is -2.14. The van der Waals surface area contributed by atoms with Gasteiger partial charge in [-0.3, -0.25) is 4.79 Å². The van der Waals surface area contributed by atoms with Crippen molar-refractivity contribution in [3.05, 3.63) is 58.8 Å². The normalized spacial score (nSPS) is 11.5. The molecule has 0 heterocycles. The van der Waals surface area contributed by atoms with E-state index >= 15 is 0 Å². The number of carbonyl (C=O) groups excluding carboxylic acids is 2. The molecular formula is C17H15BrFNO4. The summed E-state index contributed by atoms with van der Waals surface area (Å²) >= 11 is 3.29. The molecular weight excluding hydrogens is 381 g/mol. The molecule has 0 unspecified atom stereocenters. The van der Waals surface area contributed by atoms with Crippen molar-refractivity contribution in [3.8, 4) is 5.75 Å². The van der Waals surface area contributed by atoms with Crippen molar-refractivity contribution in [2.24, 2.45) is 0 Å². The van der Waals surface area contributed by atoms with Crippen molar-refractivity contribution in [1.29, 1.82) is 0 Å². The number of anilines is 1. The molecule has 1 amide bonds. The second-order valence-electron chi connectivity index (χ2n) is 4.85. The number of para-hydroxylation sites is 1. The van der Waals surface area contributed by atoms with Gasteiger partial charge in [-0.2, -0.15) is 0 Å².